The number of rotatable bonds is 4. The van der Waals surface area contributed by atoms with E-state index in [-0.39, 0.29) is 6.61 Å². The zero-order valence-corrected chi connectivity index (χ0v) is 13.4. The maximum atomic E-state index is 12.0. The molecule has 0 unspecified atom stereocenters. The lowest BCUT2D eigenvalue weighted by molar-refractivity contribution is 0.187. The molecule has 0 aliphatic heterocycles. The first-order valence-corrected chi connectivity index (χ1v) is 7.49. The number of hydrogen-bond donors (Lipinski definition) is 3. The molecule has 0 radical (unpaired) electrons. The van der Waals surface area contributed by atoms with Gasteiger partial charge in [-0.05, 0) is 38.1 Å². The predicted octanol–water partition coefficient (Wildman–Crippen LogP) is 2.78. The number of nitrogens with one attached hydrogen (secondary N) is 2. The van der Waals surface area contributed by atoms with Crippen LogP contribution in [0.5, 0.6) is 0 Å². The van der Waals surface area contributed by atoms with Gasteiger partial charge in [-0.25, -0.2) is 9.78 Å². The SMILES string of the molecule is CC(C)(CO)NC(=O)Nc1ccc2nc(-c3ccccn3)oc2c1. The Morgan fingerprint density at radius 2 is 2.12 bits per heavy atom. The number of anilines is 1. The number of carbonyl (C=O) groups is 1. The summed E-state index contributed by atoms with van der Waals surface area (Å²) in [6.45, 7) is 3.30. The number of aliphatic hydroxyl groups excluding tert-OH is 1. The van der Waals surface area contributed by atoms with E-state index < -0.39 is 11.6 Å². The average molecular weight is 326 g/mol. The van der Waals surface area contributed by atoms with Crippen molar-refractivity contribution in [3.63, 3.8) is 0 Å². The largest absolute Gasteiger partial charge is 0.435 e. The van der Waals surface area contributed by atoms with Crippen molar-refractivity contribution in [3.05, 3.63) is 42.6 Å². The number of amides is 2. The van der Waals surface area contributed by atoms with Crippen LogP contribution in [-0.4, -0.2) is 33.3 Å². The van der Waals surface area contributed by atoms with Crippen LogP contribution in [0.25, 0.3) is 22.7 Å². The third kappa shape index (κ3) is 3.52. The standard InChI is InChI=1S/C17H18N4O3/c1-17(2,10-22)21-16(23)19-11-6-7-12-14(9-11)24-15(20-12)13-5-3-4-8-18-13/h3-9,22H,10H2,1-2H3,(H2,19,21,23). The first-order valence-electron chi connectivity index (χ1n) is 7.49. The fraction of sp³-hybridized carbons (Fsp3) is 0.235. The number of hydrogen-bond acceptors (Lipinski definition) is 5. The fourth-order valence-corrected chi connectivity index (χ4v) is 2.11. The molecule has 0 fully saturated rings. The van der Waals surface area contributed by atoms with Crippen molar-refractivity contribution in [1.29, 1.82) is 0 Å². The molecule has 0 aliphatic carbocycles. The normalized spacial score (nSPS) is 11.5. The van der Waals surface area contributed by atoms with Gasteiger partial charge in [-0.2, -0.15) is 0 Å². The van der Waals surface area contributed by atoms with Crippen molar-refractivity contribution >= 4 is 22.8 Å². The van der Waals surface area contributed by atoms with Crippen molar-refractivity contribution in [2.45, 2.75) is 19.4 Å². The van der Waals surface area contributed by atoms with Gasteiger partial charge in [0.15, 0.2) is 5.58 Å². The third-order valence-electron chi connectivity index (χ3n) is 3.38. The summed E-state index contributed by atoms with van der Waals surface area (Å²) in [6.07, 6.45) is 1.67. The Balaban J connectivity index is 1.80. The lowest BCUT2D eigenvalue weighted by Crippen LogP contribution is -2.48. The Bertz CT molecular complexity index is 859. The van der Waals surface area contributed by atoms with E-state index in [0.29, 0.717) is 28.4 Å². The quantitative estimate of drug-likeness (QED) is 0.684. The first kappa shape index (κ1) is 15.9. The van der Waals surface area contributed by atoms with E-state index in [1.54, 1.807) is 38.2 Å². The van der Waals surface area contributed by atoms with Crippen LogP contribution in [0.4, 0.5) is 10.5 Å². The van der Waals surface area contributed by atoms with Gasteiger partial charge < -0.3 is 20.2 Å². The van der Waals surface area contributed by atoms with Crippen molar-refractivity contribution in [2.24, 2.45) is 0 Å². The minimum absolute atomic E-state index is 0.158. The number of nitrogens with zero attached hydrogens (tertiary/aromatic N) is 2. The van der Waals surface area contributed by atoms with Gasteiger partial charge in [-0.3, -0.25) is 4.98 Å². The van der Waals surface area contributed by atoms with Crippen LogP contribution in [0, 0.1) is 0 Å². The lowest BCUT2D eigenvalue weighted by Gasteiger charge is -2.23. The van der Waals surface area contributed by atoms with E-state index >= 15 is 0 Å². The molecule has 0 bridgehead atoms. The molecular formula is C17H18N4O3. The molecule has 7 heteroatoms. The molecule has 7 nitrogen and oxygen atoms in total. The molecular weight excluding hydrogens is 308 g/mol. The second-order valence-corrected chi connectivity index (χ2v) is 6.04. The smallest absolute Gasteiger partial charge is 0.319 e. The number of aliphatic hydroxyl groups is 1. The highest BCUT2D eigenvalue weighted by atomic mass is 16.3. The molecule has 2 amide bonds. The fourth-order valence-electron chi connectivity index (χ4n) is 2.11. The number of urea groups is 1. The first-order chi connectivity index (χ1) is 11.5. The summed E-state index contributed by atoms with van der Waals surface area (Å²) in [5.74, 6) is 0.425. The Labute approximate surface area is 138 Å². The van der Waals surface area contributed by atoms with Crippen molar-refractivity contribution in [1.82, 2.24) is 15.3 Å². The van der Waals surface area contributed by atoms with E-state index in [2.05, 4.69) is 20.6 Å². The highest BCUT2D eigenvalue weighted by Gasteiger charge is 2.19. The number of aromatic nitrogens is 2. The van der Waals surface area contributed by atoms with E-state index in [1.807, 2.05) is 18.2 Å². The number of carbonyl (C=O) groups excluding carboxylic acids is 1. The van der Waals surface area contributed by atoms with Crippen LogP contribution in [0.3, 0.4) is 0 Å². The van der Waals surface area contributed by atoms with Crippen LogP contribution in [0.2, 0.25) is 0 Å². The molecule has 2 heterocycles. The van der Waals surface area contributed by atoms with Crippen molar-refractivity contribution in [2.75, 3.05) is 11.9 Å². The van der Waals surface area contributed by atoms with Gasteiger partial charge in [0, 0.05) is 18.0 Å². The van der Waals surface area contributed by atoms with Gasteiger partial charge in [0.1, 0.15) is 11.2 Å². The van der Waals surface area contributed by atoms with E-state index in [4.69, 9.17) is 4.42 Å². The van der Waals surface area contributed by atoms with Crippen molar-refractivity contribution in [3.8, 4) is 11.6 Å². The molecule has 0 spiro atoms. The lowest BCUT2D eigenvalue weighted by atomic mass is 10.1. The summed E-state index contributed by atoms with van der Waals surface area (Å²) >= 11 is 0. The molecule has 0 aliphatic rings. The summed E-state index contributed by atoms with van der Waals surface area (Å²) < 4.78 is 5.71. The average Bonchev–Trinajstić information content (AvgIpc) is 2.98. The zero-order valence-electron chi connectivity index (χ0n) is 13.4. The topological polar surface area (TPSA) is 100 Å². The molecule has 2 aromatic heterocycles. The van der Waals surface area contributed by atoms with Gasteiger partial charge in [0.2, 0.25) is 5.89 Å². The van der Waals surface area contributed by atoms with Crippen molar-refractivity contribution < 1.29 is 14.3 Å². The molecule has 24 heavy (non-hydrogen) atoms. The Kier molecular flexibility index (Phi) is 4.18. The highest BCUT2D eigenvalue weighted by molar-refractivity contribution is 5.92. The number of pyridine rings is 1. The Morgan fingerprint density at radius 3 is 2.83 bits per heavy atom. The number of oxazole rings is 1. The zero-order chi connectivity index (χ0) is 17.2. The second-order valence-electron chi connectivity index (χ2n) is 6.04. The molecule has 0 saturated heterocycles. The maximum Gasteiger partial charge on any atom is 0.319 e. The van der Waals surface area contributed by atoms with Gasteiger partial charge >= 0.3 is 6.03 Å². The predicted molar refractivity (Wildman–Crippen MR) is 90.6 cm³/mol. The molecule has 1 aromatic carbocycles. The molecule has 3 rings (SSSR count). The second kappa shape index (κ2) is 6.29. The van der Waals surface area contributed by atoms with Crippen LogP contribution < -0.4 is 10.6 Å². The summed E-state index contributed by atoms with van der Waals surface area (Å²) in [5, 5.41) is 14.6. The molecule has 0 atom stereocenters. The monoisotopic (exact) mass is 326 g/mol. The highest BCUT2D eigenvalue weighted by Crippen LogP contribution is 2.25. The molecule has 3 N–H and O–H groups in total. The Morgan fingerprint density at radius 1 is 1.29 bits per heavy atom. The van der Waals surface area contributed by atoms with Gasteiger partial charge in [0.05, 0.1) is 12.1 Å². The number of fused-ring (bicyclic) bond motifs is 1. The number of benzene rings is 1. The third-order valence-corrected chi connectivity index (χ3v) is 3.38. The van der Waals surface area contributed by atoms with Crippen LogP contribution in [-0.2, 0) is 0 Å². The minimum Gasteiger partial charge on any atom is -0.435 e. The van der Waals surface area contributed by atoms with Crippen LogP contribution in [0.1, 0.15) is 13.8 Å². The van der Waals surface area contributed by atoms with E-state index in [9.17, 15) is 9.90 Å². The molecule has 0 saturated carbocycles. The molecule has 124 valence electrons. The van der Waals surface area contributed by atoms with Gasteiger partial charge in [-0.15, -0.1) is 0 Å². The van der Waals surface area contributed by atoms with Crippen LogP contribution in [0.15, 0.2) is 47.0 Å². The minimum atomic E-state index is -0.702. The maximum absolute atomic E-state index is 12.0. The van der Waals surface area contributed by atoms with E-state index in [1.165, 1.54) is 0 Å². The summed E-state index contributed by atoms with van der Waals surface area (Å²) in [5.41, 5.74) is 1.74. The van der Waals surface area contributed by atoms with Crippen LogP contribution >= 0.6 is 0 Å². The summed E-state index contributed by atoms with van der Waals surface area (Å²) in [6, 6.07) is 10.3. The summed E-state index contributed by atoms with van der Waals surface area (Å²) in [4.78, 5) is 20.6. The van der Waals surface area contributed by atoms with E-state index in [0.717, 1.165) is 0 Å². The summed E-state index contributed by atoms with van der Waals surface area (Å²) in [7, 11) is 0. The molecule has 3 aromatic rings. The Hall–Kier alpha value is -2.93. The van der Waals surface area contributed by atoms with Gasteiger partial charge in [0.25, 0.3) is 0 Å². The van der Waals surface area contributed by atoms with Gasteiger partial charge in [-0.1, -0.05) is 6.07 Å².